The zero-order valence-electron chi connectivity index (χ0n) is 25.8. The van der Waals surface area contributed by atoms with Crippen LogP contribution in [0.3, 0.4) is 0 Å². The number of benzene rings is 2. The minimum Gasteiger partial charge on any atom is -0.872 e. The van der Waals surface area contributed by atoms with Crippen molar-refractivity contribution in [3.63, 3.8) is 0 Å². The van der Waals surface area contributed by atoms with Gasteiger partial charge in [0.05, 0.1) is 0 Å². The van der Waals surface area contributed by atoms with E-state index in [9.17, 15) is 24.9 Å². The fourth-order valence-electron chi connectivity index (χ4n) is 7.92. The molecule has 7 heteroatoms. The summed E-state index contributed by atoms with van der Waals surface area (Å²) in [5, 5.41) is 43.9. The molecule has 0 unspecified atom stereocenters. The van der Waals surface area contributed by atoms with Crippen LogP contribution in [0.5, 0.6) is 0 Å². The predicted molar refractivity (Wildman–Crippen MR) is 155 cm³/mol. The van der Waals surface area contributed by atoms with Gasteiger partial charge in [-0.05, 0) is 72.6 Å². The molecule has 2 aromatic carbocycles. The smallest absolute Gasteiger partial charge is 0.872 e. The molecule has 0 saturated heterocycles. The molecule has 4 saturated carbocycles. The van der Waals surface area contributed by atoms with Crippen molar-refractivity contribution in [2.75, 3.05) is 6.61 Å². The summed E-state index contributed by atoms with van der Waals surface area (Å²) in [5.74, 6) is -0.904. The molecule has 0 spiro atoms. The third-order valence-electron chi connectivity index (χ3n) is 7.59. The van der Waals surface area contributed by atoms with Gasteiger partial charge in [0.2, 0.25) is 0 Å². The van der Waals surface area contributed by atoms with Gasteiger partial charge in [0, 0.05) is 0 Å². The van der Waals surface area contributed by atoms with E-state index in [-0.39, 0.29) is 51.4 Å². The standard InChI is InChI=1S/C13H21O.2C10H10O2.C2H5O.Ti/c1-10-4-11(2)6-12(3,5-10)9-13(14,7-10)8-11;2*1-8(11)7-10(12)9-5-3-2-4-6-9;1-2-3;/h4-9H2,1-3H3;2*2-7,12H,1H3;2H2,1H3;/q-1;;;-1;+4/p-2/b;2*10-7-;;. The average Bonchev–Trinajstić information content (AvgIpc) is 2.82. The minimum absolute atomic E-state index is 0. The molecule has 4 fully saturated rings. The number of carbonyl (C=O) groups is 2. The normalized spacial score (nSPS) is 28.9. The Morgan fingerprint density at radius 3 is 1.14 bits per heavy atom. The molecule has 4 aliphatic carbocycles. The first-order valence-corrected chi connectivity index (χ1v) is 14.2. The quantitative estimate of drug-likeness (QED) is 0.295. The number of carbonyl (C=O) groups excluding carboxylic acids is 2. The summed E-state index contributed by atoms with van der Waals surface area (Å²) in [6.45, 7) is 11.4. The van der Waals surface area contributed by atoms with Crippen LogP contribution in [0.1, 0.15) is 91.2 Å². The summed E-state index contributed by atoms with van der Waals surface area (Å²) < 4.78 is 0. The van der Waals surface area contributed by atoms with E-state index < -0.39 is 5.60 Å². The van der Waals surface area contributed by atoms with Crippen molar-refractivity contribution in [2.45, 2.75) is 85.7 Å². The van der Waals surface area contributed by atoms with Crippen LogP contribution >= 0.6 is 0 Å². The first-order valence-electron chi connectivity index (χ1n) is 14.2. The second kappa shape index (κ2) is 15.8. The fourth-order valence-corrected chi connectivity index (χ4v) is 7.92. The van der Waals surface area contributed by atoms with E-state index in [1.54, 1.807) is 55.5 Å². The van der Waals surface area contributed by atoms with Gasteiger partial charge < -0.3 is 20.4 Å². The molecule has 224 valence electrons. The zero-order valence-corrected chi connectivity index (χ0v) is 27.4. The second-order valence-electron chi connectivity index (χ2n) is 12.9. The molecule has 4 aliphatic rings. The Morgan fingerprint density at radius 2 is 0.929 bits per heavy atom. The molecule has 2 aromatic rings. The maximum Gasteiger partial charge on any atom is 4.00 e. The Labute approximate surface area is 266 Å². The van der Waals surface area contributed by atoms with Crippen molar-refractivity contribution in [3.05, 3.63) is 83.9 Å². The van der Waals surface area contributed by atoms with Crippen molar-refractivity contribution < 1.29 is 51.7 Å². The van der Waals surface area contributed by atoms with Crippen LogP contribution in [-0.4, -0.2) is 23.8 Å². The van der Waals surface area contributed by atoms with E-state index in [4.69, 9.17) is 5.11 Å². The molecule has 4 bridgehead atoms. The maximum absolute atomic E-state index is 12.6. The topological polar surface area (TPSA) is 126 Å². The SMILES string of the molecule is CC(=O)/C=C(\[O-])c1ccccc1.CC(=O)/C=C(\[O-])c1ccccc1.CC12CC3(C)CC(C)(C1)CC([O-])(C2)C3.CC[O-].[Ti+4]. The van der Waals surface area contributed by atoms with Gasteiger partial charge >= 0.3 is 21.7 Å². The fraction of sp³-hybridized carbons (Fsp3) is 0.486. The Balaban J connectivity index is 0.000000299. The van der Waals surface area contributed by atoms with E-state index >= 15 is 0 Å². The molecule has 0 radical (unpaired) electrons. The van der Waals surface area contributed by atoms with Gasteiger partial charge in [-0.25, -0.2) is 0 Å². The van der Waals surface area contributed by atoms with Gasteiger partial charge in [-0.2, -0.15) is 0 Å². The van der Waals surface area contributed by atoms with E-state index in [1.165, 1.54) is 33.1 Å². The van der Waals surface area contributed by atoms with Crippen molar-refractivity contribution in [2.24, 2.45) is 16.2 Å². The van der Waals surface area contributed by atoms with Gasteiger partial charge in [0.25, 0.3) is 0 Å². The van der Waals surface area contributed by atoms with Gasteiger partial charge in [0.15, 0.2) is 11.6 Å². The molecule has 0 aromatic heterocycles. The number of hydrogen-bond acceptors (Lipinski definition) is 6. The number of rotatable bonds is 4. The van der Waals surface area contributed by atoms with Crippen LogP contribution in [0.15, 0.2) is 72.8 Å². The first kappa shape index (κ1) is 37.5. The molecule has 0 heterocycles. The molecule has 42 heavy (non-hydrogen) atoms. The molecular formula is C35H44O6Ti. The second-order valence-corrected chi connectivity index (χ2v) is 12.9. The number of ketones is 2. The summed E-state index contributed by atoms with van der Waals surface area (Å²) >= 11 is 0. The van der Waals surface area contributed by atoms with Crippen LogP contribution in [0, 0.1) is 16.2 Å². The van der Waals surface area contributed by atoms with Crippen molar-refractivity contribution in [3.8, 4) is 0 Å². The average molecular weight is 609 g/mol. The molecule has 6 nitrogen and oxygen atoms in total. The molecule has 0 N–H and O–H groups in total. The molecule has 6 rings (SSSR count). The Morgan fingerprint density at radius 1 is 0.667 bits per heavy atom. The summed E-state index contributed by atoms with van der Waals surface area (Å²) in [7, 11) is 0. The molecule has 0 amide bonds. The van der Waals surface area contributed by atoms with Gasteiger partial charge in [-0.15, -0.1) is 12.2 Å². The Bertz CT molecular complexity index is 1060. The van der Waals surface area contributed by atoms with Crippen LogP contribution in [0.25, 0.3) is 11.5 Å². The Hall–Kier alpha value is -2.51. The minimum atomic E-state index is -0.562. The van der Waals surface area contributed by atoms with Crippen LogP contribution in [0.2, 0.25) is 0 Å². The van der Waals surface area contributed by atoms with E-state index in [2.05, 4.69) is 20.8 Å². The van der Waals surface area contributed by atoms with Gasteiger partial charge in [-0.3, -0.25) is 9.59 Å². The van der Waals surface area contributed by atoms with Crippen molar-refractivity contribution in [1.82, 2.24) is 0 Å². The van der Waals surface area contributed by atoms with Gasteiger partial charge in [-0.1, -0.05) is 119 Å². The van der Waals surface area contributed by atoms with E-state index in [1.807, 2.05) is 12.1 Å². The summed E-state index contributed by atoms with van der Waals surface area (Å²) in [6.07, 6.45) is 8.95. The first-order chi connectivity index (χ1) is 19.1. The third kappa shape index (κ3) is 11.6. The van der Waals surface area contributed by atoms with Crippen LogP contribution < -0.4 is 20.4 Å². The third-order valence-corrected chi connectivity index (χ3v) is 7.59. The molecular weight excluding hydrogens is 564 g/mol. The summed E-state index contributed by atoms with van der Waals surface area (Å²) in [6, 6.07) is 17.4. The van der Waals surface area contributed by atoms with Crippen LogP contribution in [-0.2, 0) is 31.3 Å². The Kier molecular flexibility index (Phi) is 14.1. The van der Waals surface area contributed by atoms with E-state index in [0.717, 1.165) is 31.4 Å². The summed E-state index contributed by atoms with van der Waals surface area (Å²) in [4.78, 5) is 21.1. The maximum atomic E-state index is 12.6. The van der Waals surface area contributed by atoms with E-state index in [0.29, 0.717) is 27.4 Å². The zero-order chi connectivity index (χ0) is 30.9. The predicted octanol–water partition coefficient (Wildman–Crippen LogP) is 3.80. The van der Waals surface area contributed by atoms with Gasteiger partial charge in [0.1, 0.15) is 0 Å². The molecule has 0 atom stereocenters. The molecule has 0 aliphatic heterocycles. The van der Waals surface area contributed by atoms with Crippen molar-refractivity contribution >= 4 is 23.1 Å². The number of allylic oxidation sites excluding steroid dienone is 2. The monoisotopic (exact) mass is 608 g/mol. The largest absolute Gasteiger partial charge is 4.00 e. The summed E-state index contributed by atoms with van der Waals surface area (Å²) in [5.41, 5.74) is 1.66. The van der Waals surface area contributed by atoms with Crippen molar-refractivity contribution in [1.29, 1.82) is 0 Å². The number of hydrogen-bond donors (Lipinski definition) is 0. The van der Waals surface area contributed by atoms with Crippen LogP contribution in [0.4, 0.5) is 0 Å².